The molecule has 1 rings (SSSR count). The molecule has 0 saturated carbocycles. The zero-order valence-electron chi connectivity index (χ0n) is 10.6. The van der Waals surface area contributed by atoms with E-state index in [1.165, 1.54) is 39.0 Å². The summed E-state index contributed by atoms with van der Waals surface area (Å²) >= 11 is 0. The van der Waals surface area contributed by atoms with Crippen LogP contribution in [0.4, 0.5) is 0 Å². The van der Waals surface area contributed by atoms with Gasteiger partial charge in [0.25, 0.3) is 0 Å². The van der Waals surface area contributed by atoms with Crippen molar-refractivity contribution in [3.8, 4) is 0 Å². The van der Waals surface area contributed by atoms with E-state index >= 15 is 0 Å². The number of rotatable bonds is 5. The van der Waals surface area contributed by atoms with Gasteiger partial charge in [-0.05, 0) is 53.0 Å². The zero-order valence-corrected chi connectivity index (χ0v) is 10.6. The van der Waals surface area contributed by atoms with Crippen LogP contribution in [0.2, 0.25) is 0 Å². The molecule has 1 unspecified atom stereocenters. The van der Waals surface area contributed by atoms with Gasteiger partial charge in [0, 0.05) is 19.1 Å². The van der Waals surface area contributed by atoms with Crippen LogP contribution >= 0.6 is 0 Å². The van der Waals surface area contributed by atoms with Crippen LogP contribution in [0.3, 0.4) is 0 Å². The molecule has 0 radical (unpaired) electrons. The summed E-state index contributed by atoms with van der Waals surface area (Å²) in [7, 11) is 2.23. The summed E-state index contributed by atoms with van der Waals surface area (Å²) in [5.41, 5.74) is 0. The Kier molecular flexibility index (Phi) is 6.22. The molecule has 1 heterocycles. The lowest BCUT2D eigenvalue weighted by molar-refractivity contribution is 0.205. The van der Waals surface area contributed by atoms with Gasteiger partial charge >= 0.3 is 0 Å². The Bertz CT molecular complexity index is 161. The average Bonchev–Trinajstić information content (AvgIpc) is 2.43. The third-order valence-corrected chi connectivity index (χ3v) is 3.37. The average molecular weight is 213 g/mol. The second-order valence-electron chi connectivity index (χ2n) is 4.68. The minimum Gasteiger partial charge on any atom is -0.317 e. The van der Waals surface area contributed by atoms with Gasteiger partial charge in [-0.3, -0.25) is 4.90 Å². The first-order valence-corrected chi connectivity index (χ1v) is 6.37. The molecule has 1 aliphatic heterocycles. The van der Waals surface area contributed by atoms with Crippen molar-refractivity contribution in [2.75, 3.05) is 46.3 Å². The van der Waals surface area contributed by atoms with E-state index in [0.29, 0.717) is 0 Å². The van der Waals surface area contributed by atoms with Gasteiger partial charge < -0.3 is 10.2 Å². The van der Waals surface area contributed by atoms with Crippen LogP contribution in [-0.2, 0) is 0 Å². The highest BCUT2D eigenvalue weighted by atomic mass is 15.2. The molecular formula is C12H27N3. The topological polar surface area (TPSA) is 18.5 Å². The molecule has 0 aromatic rings. The van der Waals surface area contributed by atoms with Crippen molar-refractivity contribution >= 4 is 0 Å². The Labute approximate surface area is 94.8 Å². The fourth-order valence-electron chi connectivity index (χ4n) is 2.18. The SMILES string of the molecule is CCNCCC(C)N1CCCN(C)CC1. The summed E-state index contributed by atoms with van der Waals surface area (Å²) in [5, 5.41) is 3.41. The second-order valence-corrected chi connectivity index (χ2v) is 4.68. The smallest absolute Gasteiger partial charge is 0.0112 e. The maximum Gasteiger partial charge on any atom is 0.0112 e. The molecule has 1 aliphatic rings. The van der Waals surface area contributed by atoms with Gasteiger partial charge in [0.15, 0.2) is 0 Å². The zero-order chi connectivity index (χ0) is 11.1. The third kappa shape index (κ3) is 4.96. The molecule has 0 spiro atoms. The normalized spacial score (nSPS) is 22.6. The van der Waals surface area contributed by atoms with Gasteiger partial charge in [-0.1, -0.05) is 6.92 Å². The summed E-state index contributed by atoms with van der Waals surface area (Å²) in [6.07, 6.45) is 2.60. The number of hydrogen-bond donors (Lipinski definition) is 1. The molecule has 1 N–H and O–H groups in total. The minimum atomic E-state index is 0.732. The van der Waals surface area contributed by atoms with Gasteiger partial charge in [0.05, 0.1) is 0 Å². The fourth-order valence-corrected chi connectivity index (χ4v) is 2.18. The summed E-state index contributed by atoms with van der Waals surface area (Å²) in [6, 6.07) is 0.732. The molecule has 0 amide bonds. The van der Waals surface area contributed by atoms with Crippen molar-refractivity contribution in [3.63, 3.8) is 0 Å². The van der Waals surface area contributed by atoms with Crippen LogP contribution in [0.5, 0.6) is 0 Å². The molecular weight excluding hydrogens is 186 g/mol. The van der Waals surface area contributed by atoms with Crippen molar-refractivity contribution in [1.29, 1.82) is 0 Å². The van der Waals surface area contributed by atoms with Gasteiger partial charge in [0.1, 0.15) is 0 Å². The molecule has 90 valence electrons. The van der Waals surface area contributed by atoms with Crippen molar-refractivity contribution in [2.24, 2.45) is 0 Å². The highest BCUT2D eigenvalue weighted by molar-refractivity contribution is 4.73. The molecule has 0 aromatic carbocycles. The molecule has 1 fully saturated rings. The third-order valence-electron chi connectivity index (χ3n) is 3.37. The van der Waals surface area contributed by atoms with Gasteiger partial charge in [0.2, 0.25) is 0 Å². The molecule has 0 aliphatic carbocycles. The Morgan fingerprint density at radius 1 is 1.20 bits per heavy atom. The fraction of sp³-hybridized carbons (Fsp3) is 1.00. The van der Waals surface area contributed by atoms with E-state index in [9.17, 15) is 0 Å². The largest absolute Gasteiger partial charge is 0.317 e. The predicted octanol–water partition coefficient (Wildman–Crippen LogP) is 1.01. The molecule has 3 heteroatoms. The monoisotopic (exact) mass is 213 g/mol. The quantitative estimate of drug-likeness (QED) is 0.688. The van der Waals surface area contributed by atoms with Crippen LogP contribution in [0.25, 0.3) is 0 Å². The Balaban J connectivity index is 2.22. The van der Waals surface area contributed by atoms with Gasteiger partial charge in [-0.25, -0.2) is 0 Å². The van der Waals surface area contributed by atoms with Crippen molar-refractivity contribution < 1.29 is 0 Å². The number of nitrogens with one attached hydrogen (secondary N) is 1. The van der Waals surface area contributed by atoms with Crippen LogP contribution in [0, 0.1) is 0 Å². The van der Waals surface area contributed by atoms with E-state index in [4.69, 9.17) is 0 Å². The van der Waals surface area contributed by atoms with Gasteiger partial charge in [-0.2, -0.15) is 0 Å². The van der Waals surface area contributed by atoms with E-state index in [1.54, 1.807) is 0 Å². The van der Waals surface area contributed by atoms with Crippen molar-refractivity contribution in [2.45, 2.75) is 32.7 Å². The molecule has 0 aromatic heterocycles. The Morgan fingerprint density at radius 2 is 2.00 bits per heavy atom. The van der Waals surface area contributed by atoms with Crippen LogP contribution in [0.1, 0.15) is 26.7 Å². The molecule has 15 heavy (non-hydrogen) atoms. The van der Waals surface area contributed by atoms with Crippen molar-refractivity contribution in [1.82, 2.24) is 15.1 Å². The first kappa shape index (κ1) is 12.9. The summed E-state index contributed by atoms with van der Waals surface area (Å²) in [4.78, 5) is 5.08. The lowest BCUT2D eigenvalue weighted by Crippen LogP contribution is -2.37. The van der Waals surface area contributed by atoms with E-state index < -0.39 is 0 Å². The van der Waals surface area contributed by atoms with E-state index in [0.717, 1.165) is 19.1 Å². The standard InChI is InChI=1S/C12H27N3/c1-4-13-7-6-12(2)15-9-5-8-14(3)10-11-15/h12-13H,4-11H2,1-3H3. The van der Waals surface area contributed by atoms with Crippen LogP contribution in [-0.4, -0.2) is 62.2 Å². The van der Waals surface area contributed by atoms with E-state index in [1.807, 2.05) is 0 Å². The van der Waals surface area contributed by atoms with Gasteiger partial charge in [-0.15, -0.1) is 0 Å². The number of nitrogens with zero attached hydrogens (tertiary/aromatic N) is 2. The predicted molar refractivity (Wildman–Crippen MR) is 66.3 cm³/mol. The summed E-state index contributed by atoms with van der Waals surface area (Å²) in [6.45, 7) is 11.8. The first-order valence-electron chi connectivity index (χ1n) is 6.37. The van der Waals surface area contributed by atoms with E-state index in [2.05, 4.69) is 36.0 Å². The number of hydrogen-bond acceptors (Lipinski definition) is 3. The lowest BCUT2D eigenvalue weighted by atomic mass is 10.2. The summed E-state index contributed by atoms with van der Waals surface area (Å²) < 4.78 is 0. The minimum absolute atomic E-state index is 0.732. The summed E-state index contributed by atoms with van der Waals surface area (Å²) in [5.74, 6) is 0. The maximum atomic E-state index is 3.41. The highest BCUT2D eigenvalue weighted by Crippen LogP contribution is 2.08. The van der Waals surface area contributed by atoms with E-state index in [-0.39, 0.29) is 0 Å². The Hall–Kier alpha value is -0.120. The van der Waals surface area contributed by atoms with Crippen molar-refractivity contribution in [3.05, 3.63) is 0 Å². The Morgan fingerprint density at radius 3 is 2.73 bits per heavy atom. The lowest BCUT2D eigenvalue weighted by Gasteiger charge is -2.27. The first-order chi connectivity index (χ1) is 7.24. The molecule has 1 saturated heterocycles. The molecule has 0 bridgehead atoms. The number of likely N-dealkylation sites (N-methyl/N-ethyl adjacent to an activating group) is 1. The van der Waals surface area contributed by atoms with Crippen LogP contribution < -0.4 is 5.32 Å². The maximum absolute atomic E-state index is 3.41. The van der Waals surface area contributed by atoms with Crippen LogP contribution in [0.15, 0.2) is 0 Å². The molecule has 1 atom stereocenters. The second kappa shape index (κ2) is 7.20. The highest BCUT2D eigenvalue weighted by Gasteiger charge is 2.16. The molecule has 3 nitrogen and oxygen atoms in total.